The van der Waals surface area contributed by atoms with Crippen molar-refractivity contribution >= 4 is 22.4 Å². The minimum absolute atomic E-state index is 0.0139. The summed E-state index contributed by atoms with van der Waals surface area (Å²) in [5.41, 5.74) is 2.06. The SMILES string of the molecule is Cc1cc(C(=O)N2CCN(c3snc(C)c3C#N)CC2)c(C)o1. The average molecular weight is 330 g/mol. The maximum Gasteiger partial charge on any atom is 0.257 e. The van der Waals surface area contributed by atoms with E-state index in [0.29, 0.717) is 43.1 Å². The van der Waals surface area contributed by atoms with Crippen LogP contribution in [0.5, 0.6) is 0 Å². The van der Waals surface area contributed by atoms with E-state index in [-0.39, 0.29) is 5.91 Å². The van der Waals surface area contributed by atoms with Gasteiger partial charge in [-0.05, 0) is 38.4 Å². The van der Waals surface area contributed by atoms with Crippen molar-refractivity contribution in [3.8, 4) is 6.07 Å². The minimum atomic E-state index is 0.0139. The van der Waals surface area contributed by atoms with Crippen LogP contribution in [0.3, 0.4) is 0 Å². The van der Waals surface area contributed by atoms with Crippen LogP contribution in [0.2, 0.25) is 0 Å². The maximum absolute atomic E-state index is 12.6. The third-order valence-corrected chi connectivity index (χ3v) is 5.08. The summed E-state index contributed by atoms with van der Waals surface area (Å²) in [6, 6.07) is 4.02. The largest absolute Gasteiger partial charge is 0.466 e. The fourth-order valence-corrected chi connectivity index (χ4v) is 3.73. The topological polar surface area (TPSA) is 73.4 Å². The molecule has 0 N–H and O–H groups in total. The summed E-state index contributed by atoms with van der Waals surface area (Å²) < 4.78 is 9.71. The van der Waals surface area contributed by atoms with Gasteiger partial charge in [0.2, 0.25) is 0 Å². The van der Waals surface area contributed by atoms with Crippen LogP contribution in [0.1, 0.15) is 33.1 Å². The predicted molar refractivity (Wildman–Crippen MR) is 87.9 cm³/mol. The van der Waals surface area contributed by atoms with E-state index in [0.717, 1.165) is 16.5 Å². The van der Waals surface area contributed by atoms with Crippen LogP contribution in [-0.4, -0.2) is 41.4 Å². The van der Waals surface area contributed by atoms with Gasteiger partial charge in [-0.2, -0.15) is 9.64 Å². The van der Waals surface area contributed by atoms with Crippen LogP contribution in [-0.2, 0) is 0 Å². The summed E-state index contributed by atoms with van der Waals surface area (Å²) >= 11 is 1.35. The highest BCUT2D eigenvalue weighted by molar-refractivity contribution is 7.10. The van der Waals surface area contributed by atoms with Gasteiger partial charge in [-0.3, -0.25) is 4.79 Å². The number of rotatable bonds is 2. The van der Waals surface area contributed by atoms with Crippen molar-refractivity contribution in [3.63, 3.8) is 0 Å². The molecule has 3 rings (SSSR count). The minimum Gasteiger partial charge on any atom is -0.466 e. The van der Waals surface area contributed by atoms with Crippen molar-refractivity contribution in [3.05, 3.63) is 34.4 Å². The third-order valence-electron chi connectivity index (χ3n) is 4.08. The second-order valence-corrected chi connectivity index (χ2v) is 6.42. The Morgan fingerprint density at radius 3 is 2.57 bits per heavy atom. The molecule has 1 amide bonds. The van der Waals surface area contributed by atoms with Gasteiger partial charge in [0.1, 0.15) is 28.2 Å². The number of carbonyl (C=O) groups excluding carboxylic acids is 1. The molecule has 1 aliphatic rings. The van der Waals surface area contributed by atoms with Crippen LogP contribution in [0.4, 0.5) is 5.00 Å². The molecule has 2 aromatic rings. The van der Waals surface area contributed by atoms with Gasteiger partial charge < -0.3 is 14.2 Å². The quantitative estimate of drug-likeness (QED) is 0.846. The van der Waals surface area contributed by atoms with E-state index in [4.69, 9.17) is 4.42 Å². The van der Waals surface area contributed by atoms with E-state index in [9.17, 15) is 10.1 Å². The van der Waals surface area contributed by atoms with Gasteiger partial charge in [-0.1, -0.05) is 0 Å². The smallest absolute Gasteiger partial charge is 0.257 e. The van der Waals surface area contributed by atoms with E-state index in [1.54, 1.807) is 6.07 Å². The second kappa shape index (κ2) is 6.05. The number of anilines is 1. The monoisotopic (exact) mass is 330 g/mol. The zero-order chi connectivity index (χ0) is 16.6. The molecular formula is C16H18N4O2S. The van der Waals surface area contributed by atoms with Gasteiger partial charge >= 0.3 is 0 Å². The van der Waals surface area contributed by atoms with E-state index >= 15 is 0 Å². The van der Waals surface area contributed by atoms with Gasteiger partial charge in [-0.25, -0.2) is 0 Å². The summed E-state index contributed by atoms with van der Waals surface area (Å²) in [5, 5.41) is 10.2. The molecule has 23 heavy (non-hydrogen) atoms. The van der Waals surface area contributed by atoms with Crippen LogP contribution in [0.25, 0.3) is 0 Å². The Morgan fingerprint density at radius 1 is 1.30 bits per heavy atom. The molecule has 1 aliphatic heterocycles. The first-order valence-electron chi connectivity index (χ1n) is 7.49. The normalized spacial score (nSPS) is 14.9. The Hall–Kier alpha value is -2.33. The first-order valence-corrected chi connectivity index (χ1v) is 8.26. The lowest BCUT2D eigenvalue weighted by Crippen LogP contribution is -2.48. The second-order valence-electron chi connectivity index (χ2n) is 5.67. The molecule has 0 spiro atoms. The lowest BCUT2D eigenvalue weighted by atomic mass is 10.2. The first kappa shape index (κ1) is 15.6. The average Bonchev–Trinajstić information content (AvgIpc) is 3.08. The van der Waals surface area contributed by atoms with Crippen molar-refractivity contribution in [2.24, 2.45) is 0 Å². The Bertz CT molecular complexity index is 779. The van der Waals surface area contributed by atoms with Gasteiger partial charge in [0, 0.05) is 26.2 Å². The molecule has 120 valence electrons. The van der Waals surface area contributed by atoms with Crippen LogP contribution in [0.15, 0.2) is 10.5 Å². The van der Waals surface area contributed by atoms with Gasteiger partial charge in [0.15, 0.2) is 0 Å². The summed E-state index contributed by atoms with van der Waals surface area (Å²) in [6.07, 6.45) is 0. The molecule has 0 unspecified atom stereocenters. The molecule has 0 radical (unpaired) electrons. The Kier molecular flexibility index (Phi) is 4.09. The van der Waals surface area contributed by atoms with Crippen molar-refractivity contribution in [1.82, 2.24) is 9.27 Å². The number of nitriles is 1. The zero-order valence-electron chi connectivity index (χ0n) is 13.4. The first-order chi connectivity index (χ1) is 11.0. The number of furan rings is 1. The van der Waals surface area contributed by atoms with Crippen LogP contribution >= 0.6 is 11.5 Å². The van der Waals surface area contributed by atoms with Gasteiger partial charge in [0.05, 0.1) is 11.3 Å². The van der Waals surface area contributed by atoms with Crippen LogP contribution < -0.4 is 4.90 Å². The summed E-state index contributed by atoms with van der Waals surface area (Å²) in [7, 11) is 0. The van der Waals surface area contributed by atoms with Crippen molar-refractivity contribution in [2.45, 2.75) is 20.8 Å². The molecule has 0 aliphatic carbocycles. The number of hydrogen-bond acceptors (Lipinski definition) is 6. The van der Waals surface area contributed by atoms with Crippen molar-refractivity contribution in [1.29, 1.82) is 5.26 Å². The fraction of sp³-hybridized carbons (Fsp3) is 0.438. The molecule has 0 saturated carbocycles. The van der Waals surface area contributed by atoms with E-state index < -0.39 is 0 Å². The number of aryl methyl sites for hydroxylation is 3. The highest BCUT2D eigenvalue weighted by atomic mass is 32.1. The lowest BCUT2D eigenvalue weighted by Gasteiger charge is -2.35. The Morgan fingerprint density at radius 2 is 2.00 bits per heavy atom. The Labute approximate surface area is 139 Å². The van der Waals surface area contributed by atoms with Crippen molar-refractivity contribution in [2.75, 3.05) is 31.1 Å². The number of piperazine rings is 1. The summed E-state index contributed by atoms with van der Waals surface area (Å²) in [5.74, 6) is 1.43. The summed E-state index contributed by atoms with van der Waals surface area (Å²) in [4.78, 5) is 16.6. The highest BCUT2D eigenvalue weighted by Gasteiger charge is 2.27. The number of carbonyl (C=O) groups is 1. The molecule has 6 nitrogen and oxygen atoms in total. The van der Waals surface area contributed by atoms with Crippen LogP contribution in [0, 0.1) is 32.1 Å². The number of amides is 1. The standard InChI is InChI=1S/C16H18N4O2S/c1-10-8-13(12(3)22-10)15(21)19-4-6-20(7-5-19)16-14(9-17)11(2)18-23-16/h8H,4-7H2,1-3H3. The molecule has 7 heteroatoms. The van der Waals surface area contributed by atoms with Crippen molar-refractivity contribution < 1.29 is 9.21 Å². The van der Waals surface area contributed by atoms with E-state index in [2.05, 4.69) is 15.3 Å². The van der Waals surface area contributed by atoms with E-state index in [1.165, 1.54) is 11.5 Å². The predicted octanol–water partition coefficient (Wildman–Crippen LogP) is 2.50. The molecule has 1 fully saturated rings. The number of nitrogens with zero attached hydrogens (tertiary/aromatic N) is 4. The molecule has 0 aromatic carbocycles. The molecular weight excluding hydrogens is 312 g/mol. The molecule has 0 bridgehead atoms. The third kappa shape index (κ3) is 2.82. The number of hydrogen-bond donors (Lipinski definition) is 0. The van der Waals surface area contributed by atoms with Gasteiger partial charge in [0.25, 0.3) is 5.91 Å². The van der Waals surface area contributed by atoms with E-state index in [1.807, 2.05) is 25.7 Å². The molecule has 3 heterocycles. The Balaban J connectivity index is 1.70. The molecule has 0 atom stereocenters. The molecule has 1 saturated heterocycles. The lowest BCUT2D eigenvalue weighted by molar-refractivity contribution is 0.0745. The summed E-state index contributed by atoms with van der Waals surface area (Å²) in [6.45, 7) is 8.18. The number of aromatic nitrogens is 1. The zero-order valence-corrected chi connectivity index (χ0v) is 14.2. The molecule has 2 aromatic heterocycles. The van der Waals surface area contributed by atoms with Gasteiger partial charge in [-0.15, -0.1) is 0 Å². The highest BCUT2D eigenvalue weighted by Crippen LogP contribution is 2.29. The fourth-order valence-electron chi connectivity index (χ4n) is 2.83. The maximum atomic E-state index is 12.6.